The molecule has 4 fully saturated rings. The minimum Gasteiger partial charge on any atom is -0.460 e. The van der Waals surface area contributed by atoms with E-state index in [9.17, 15) is 44.6 Å². The quantitative estimate of drug-likeness (QED) is 0.0703. The van der Waals surface area contributed by atoms with Gasteiger partial charge in [0.15, 0.2) is 5.78 Å². The predicted octanol–water partition coefficient (Wildman–Crippen LogP) is 9.66. The fourth-order valence-corrected chi connectivity index (χ4v) is 14.2. The number of hydrogen-bond donors (Lipinski definition) is 4. The van der Waals surface area contributed by atoms with Crippen LogP contribution < -0.4 is 0 Å². The van der Waals surface area contributed by atoms with Crippen LogP contribution in [0.2, 0.25) is 0 Å². The number of nitrogens with zero attached hydrogens (tertiary/aromatic N) is 6. The summed E-state index contributed by atoms with van der Waals surface area (Å²) in [6, 6.07) is 3.33. The van der Waals surface area contributed by atoms with Crippen molar-refractivity contribution in [3.63, 3.8) is 0 Å². The first kappa shape index (κ1) is 72.3. The second kappa shape index (κ2) is 34.7. The first-order valence-electron chi connectivity index (χ1n) is 33.1. The van der Waals surface area contributed by atoms with Gasteiger partial charge in [-0.2, -0.15) is 10.4 Å². The summed E-state index contributed by atoms with van der Waals surface area (Å²) in [6.45, 7) is 12.9. The van der Waals surface area contributed by atoms with E-state index in [1.54, 1.807) is 47.4 Å². The summed E-state index contributed by atoms with van der Waals surface area (Å²) in [5, 5.41) is 47.5. The van der Waals surface area contributed by atoms with Gasteiger partial charge in [0.05, 0.1) is 68.1 Å². The number of hydrogen-bond acceptors (Lipinski definition) is 18. The van der Waals surface area contributed by atoms with Crippen LogP contribution in [0.15, 0.2) is 78.6 Å². The summed E-state index contributed by atoms with van der Waals surface area (Å²) in [5.41, 5.74) is 3.94. The van der Waals surface area contributed by atoms with Crippen LogP contribution in [-0.4, -0.2) is 170 Å². The van der Waals surface area contributed by atoms with Crippen molar-refractivity contribution in [1.29, 1.82) is 5.26 Å². The molecule has 21 nitrogen and oxygen atoms in total. The van der Waals surface area contributed by atoms with Crippen LogP contribution in [0.3, 0.4) is 0 Å². The monoisotopic (exact) mass is 1260 g/mol. The maximum absolute atomic E-state index is 14.5. The number of cyclic esters (lactones) is 1. The third kappa shape index (κ3) is 18.8. The number of fused-ring (bicyclic) bond motifs is 4. The number of carbonyl (C=O) groups excluding carboxylic acids is 5. The number of carbonyl (C=O) groups is 5. The third-order valence-electron chi connectivity index (χ3n) is 19.7. The van der Waals surface area contributed by atoms with Crippen molar-refractivity contribution in [2.24, 2.45) is 41.4 Å². The molecule has 2 saturated carbocycles. The second-order valence-electron chi connectivity index (χ2n) is 26.3. The molecular weight excluding hydrogens is 1160 g/mol. The zero-order valence-corrected chi connectivity index (χ0v) is 55.2. The number of aromatic amines is 1. The number of ether oxygens (including phenoxy) is 6. The Balaban J connectivity index is 0.000000421. The fourth-order valence-electron chi connectivity index (χ4n) is 14.2. The largest absolute Gasteiger partial charge is 0.460 e. The zero-order valence-electron chi connectivity index (χ0n) is 55.2. The van der Waals surface area contributed by atoms with E-state index in [0.29, 0.717) is 75.7 Å². The summed E-state index contributed by atoms with van der Waals surface area (Å²) in [6.07, 6.45) is 24.7. The Labute approximate surface area is 537 Å². The molecule has 16 atom stereocenters. The van der Waals surface area contributed by atoms with Crippen LogP contribution in [0.1, 0.15) is 164 Å². The number of methoxy groups -OCH3 is 3. The normalized spacial score (nSPS) is 33.5. The molecule has 6 heterocycles. The minimum absolute atomic E-state index is 0.0158. The number of ketones is 3. The number of piperidine rings is 1. The van der Waals surface area contributed by atoms with Crippen LogP contribution in [-0.2, 0) is 52.4 Å². The highest BCUT2D eigenvalue weighted by Crippen LogP contribution is 2.40. The van der Waals surface area contributed by atoms with Crippen molar-refractivity contribution in [3.8, 4) is 17.3 Å². The van der Waals surface area contributed by atoms with Gasteiger partial charge in [0.25, 0.3) is 11.7 Å². The maximum atomic E-state index is 14.5. The van der Waals surface area contributed by atoms with Crippen molar-refractivity contribution in [2.75, 3.05) is 41.1 Å². The number of nitriles is 1. The van der Waals surface area contributed by atoms with E-state index in [4.69, 9.17) is 28.4 Å². The van der Waals surface area contributed by atoms with Crippen LogP contribution >= 0.6 is 0 Å². The minimum atomic E-state index is -2.43. The molecule has 8 rings (SSSR count). The standard InChI is InChI=1S/C53H83NO14.C17H18N6/c1-32-16-12-11-13-17-33(2)44(63-8)30-40-21-19-38(7)53(62,68-40)50(59)51(60)54-23-15-14-18-41(54)52(61)67-45(35(4)28-39-20-22-43(66-25-24-55)46(29-39)64-9)31-42(56)34(3)27-37(6)48(58)49(65-10)47(57)36(5)26-32;18-7-5-15(12-3-1-2-4-12)23-10-13(9-22-23)16-14-6-8-19-17(14)21-11-20-16/h11-13,16-17,27,32,34-36,38-41,43-46,48-49,55,58,62H,14-15,18-26,28-31H2,1-10H3;6,8-12,15H,1-5H2,(H,19,20,21)/b13-11+,16-12+,33-17+,37-27+;/t32-,34-,35-,36-,38-,39+,40+,41+,43-,44+,45+,46-,48-,49+,53-;15-/m11/s1. The first-order chi connectivity index (χ1) is 43.7. The van der Waals surface area contributed by atoms with Crippen LogP contribution in [0.25, 0.3) is 22.3 Å². The Morgan fingerprint density at radius 3 is 2.35 bits per heavy atom. The third-order valence-corrected chi connectivity index (χ3v) is 19.7. The highest BCUT2D eigenvalue weighted by atomic mass is 16.6. The number of aliphatic hydroxyl groups is 3. The van der Waals surface area contributed by atoms with Gasteiger partial charge in [-0.25, -0.2) is 14.8 Å². The summed E-state index contributed by atoms with van der Waals surface area (Å²) >= 11 is 0. The van der Waals surface area contributed by atoms with Gasteiger partial charge in [-0.1, -0.05) is 83.9 Å². The Bertz CT molecular complexity index is 3050. The second-order valence-corrected chi connectivity index (χ2v) is 26.3. The molecule has 3 aliphatic heterocycles. The van der Waals surface area contributed by atoms with Gasteiger partial charge in [0.1, 0.15) is 42.1 Å². The lowest BCUT2D eigenvalue weighted by Gasteiger charge is -2.42. The lowest BCUT2D eigenvalue weighted by Crippen LogP contribution is -2.61. The zero-order chi connectivity index (χ0) is 65.9. The number of amides is 1. The summed E-state index contributed by atoms with van der Waals surface area (Å²) in [5.74, 6) is -7.41. The molecule has 500 valence electrons. The molecule has 0 spiro atoms. The number of rotatable bonds is 13. The number of esters is 1. The number of aromatic nitrogens is 5. The molecule has 2 aliphatic carbocycles. The number of allylic oxidation sites excluding steroid dienone is 6. The summed E-state index contributed by atoms with van der Waals surface area (Å²) < 4.78 is 37.5. The molecule has 0 radical (unpaired) electrons. The van der Waals surface area contributed by atoms with E-state index < -0.39 is 77.8 Å². The van der Waals surface area contributed by atoms with Gasteiger partial charge in [-0.3, -0.25) is 23.9 Å². The Hall–Kier alpha value is -6.09. The maximum Gasteiger partial charge on any atom is 0.329 e. The SMILES string of the molecule is CO[C@H]1C[C@@H]2CC[C@@H](C)[C@@](O)(O2)C(=O)C(=O)N2CCCC[C@H]2C(=O)O[C@H]([C@H](C)C[C@@H]2CC[C@@H](OCCO)[C@H](OC)C2)CC(=O)[C@H](C)/C=C(\C)[C@@H](O)[C@@H](OC)C(=O)[C@H](C)C[C@H](C)/C=C/C=C/C=C/1C.N#CC[C@H](C1CCCC1)n1cc(-c2ncnc3[nH]ccc23)cn1. The molecule has 91 heavy (non-hydrogen) atoms. The lowest BCUT2D eigenvalue weighted by atomic mass is 9.78. The molecule has 2 bridgehead atoms. The Kier molecular flexibility index (Phi) is 27.6. The van der Waals surface area contributed by atoms with Gasteiger partial charge < -0.3 is 53.6 Å². The molecule has 1 amide bonds. The molecular formula is C70H101N7O14. The highest BCUT2D eigenvalue weighted by molar-refractivity contribution is 6.39. The van der Waals surface area contributed by atoms with Crippen LogP contribution in [0.5, 0.6) is 0 Å². The van der Waals surface area contributed by atoms with Gasteiger partial charge >= 0.3 is 5.97 Å². The molecule has 4 N–H and O–H groups in total. The Morgan fingerprint density at radius 1 is 0.879 bits per heavy atom. The Morgan fingerprint density at radius 2 is 1.64 bits per heavy atom. The van der Waals surface area contributed by atoms with Gasteiger partial charge in [0.2, 0.25) is 5.79 Å². The smallest absolute Gasteiger partial charge is 0.329 e. The van der Waals surface area contributed by atoms with E-state index in [2.05, 4.69) is 26.1 Å². The van der Waals surface area contributed by atoms with Gasteiger partial charge in [-0.15, -0.1) is 0 Å². The van der Waals surface area contributed by atoms with Crippen molar-refractivity contribution in [2.45, 2.75) is 218 Å². The average Bonchev–Trinajstić information content (AvgIpc) is 1.99. The van der Waals surface area contributed by atoms with Crippen LogP contribution in [0, 0.1) is 52.8 Å². The molecule has 0 unspecified atom stereocenters. The van der Waals surface area contributed by atoms with Crippen molar-refractivity contribution < 1.29 is 67.7 Å². The first-order valence-corrected chi connectivity index (χ1v) is 33.1. The van der Waals surface area contributed by atoms with Gasteiger partial charge in [0, 0.05) is 81.8 Å². The van der Waals surface area contributed by atoms with Crippen molar-refractivity contribution in [1.82, 2.24) is 29.6 Å². The lowest BCUT2D eigenvalue weighted by molar-refractivity contribution is -0.265. The van der Waals surface area contributed by atoms with E-state index in [0.717, 1.165) is 34.3 Å². The van der Waals surface area contributed by atoms with E-state index in [1.807, 2.05) is 87.4 Å². The summed E-state index contributed by atoms with van der Waals surface area (Å²) in [4.78, 5) is 83.9. The molecule has 3 aromatic heterocycles. The number of Topliss-reactive ketones (excluding diaryl/α,β-unsaturated/α-hetero) is 3. The molecule has 3 aromatic rings. The number of aliphatic hydroxyl groups excluding tert-OH is 2. The summed E-state index contributed by atoms with van der Waals surface area (Å²) in [7, 11) is 4.58. The topological polar surface area (TPSA) is 288 Å². The fraction of sp³-hybridized carbons (Fsp3) is 0.671. The van der Waals surface area contributed by atoms with E-state index in [-0.39, 0.29) is 80.2 Å². The molecule has 2 saturated heterocycles. The van der Waals surface area contributed by atoms with Crippen molar-refractivity contribution >= 4 is 40.3 Å². The van der Waals surface area contributed by atoms with E-state index >= 15 is 0 Å². The predicted molar refractivity (Wildman–Crippen MR) is 342 cm³/mol. The van der Waals surface area contributed by atoms with Crippen molar-refractivity contribution in [3.05, 3.63) is 78.6 Å². The highest BCUT2D eigenvalue weighted by Gasteiger charge is 2.53. The van der Waals surface area contributed by atoms with Gasteiger partial charge in [-0.05, 0) is 132 Å². The number of nitrogens with one attached hydrogen (secondary N) is 1. The average molecular weight is 1260 g/mol. The molecule has 21 heteroatoms. The van der Waals surface area contributed by atoms with Crippen LogP contribution in [0.4, 0.5) is 0 Å². The molecule has 5 aliphatic rings. The number of H-pyrrole nitrogens is 1. The van der Waals surface area contributed by atoms with E-state index in [1.165, 1.54) is 37.7 Å². The molecule has 0 aromatic carbocycles.